The molecule has 0 atom stereocenters. The van der Waals surface area contributed by atoms with Gasteiger partial charge < -0.3 is 4.74 Å². The van der Waals surface area contributed by atoms with Gasteiger partial charge in [-0.2, -0.15) is 0 Å². The molecule has 0 N–H and O–H groups in total. The van der Waals surface area contributed by atoms with Crippen molar-refractivity contribution < 1.29 is 9.53 Å². The van der Waals surface area contributed by atoms with Crippen LogP contribution in [-0.2, 0) is 16.7 Å². The summed E-state index contributed by atoms with van der Waals surface area (Å²) in [5.41, 5.74) is 2.74. The Morgan fingerprint density at radius 2 is 1.56 bits per heavy atom. The maximum absolute atomic E-state index is 11.8. The summed E-state index contributed by atoms with van der Waals surface area (Å²) in [6, 6.07) is 16.9. The molecule has 0 aliphatic carbocycles. The van der Waals surface area contributed by atoms with Crippen molar-refractivity contribution in [2.75, 3.05) is 0 Å². The van der Waals surface area contributed by atoms with Crippen molar-refractivity contribution in [1.29, 1.82) is 0 Å². The fourth-order valence-corrected chi connectivity index (χ4v) is 2.18. The smallest absolute Gasteiger partial charge is 0.338 e. The molecule has 0 aliphatic rings. The molecule has 0 bridgehead atoms. The second kappa shape index (κ2) is 6.36. The van der Waals surface area contributed by atoms with E-state index in [1.807, 2.05) is 42.5 Å². The summed E-state index contributed by atoms with van der Waals surface area (Å²) in [6.07, 6.45) is 0. The second-order valence-corrected chi connectivity index (χ2v) is 4.41. The van der Waals surface area contributed by atoms with Gasteiger partial charge in [0.15, 0.2) is 0 Å². The summed E-state index contributed by atoms with van der Waals surface area (Å²) in [6.45, 7) is 0.301. The zero-order valence-electron chi connectivity index (χ0n) is 9.80. The molecule has 0 fully saturated rings. The standard InChI is InChI=1S/C15H13BrO2/c16-10-13-8-4-5-9-14(13)11-18-15(17)12-6-2-1-3-7-12/h1-9H,10-11H2. The SMILES string of the molecule is O=C(OCc1ccccc1CBr)c1ccccc1. The van der Waals surface area contributed by atoms with Crippen LogP contribution in [0.5, 0.6) is 0 Å². The van der Waals surface area contributed by atoms with Gasteiger partial charge in [-0.05, 0) is 23.3 Å². The van der Waals surface area contributed by atoms with Gasteiger partial charge in [0.25, 0.3) is 0 Å². The second-order valence-electron chi connectivity index (χ2n) is 3.84. The number of benzene rings is 2. The molecule has 0 heterocycles. The molecule has 18 heavy (non-hydrogen) atoms. The number of hydrogen-bond acceptors (Lipinski definition) is 2. The summed E-state index contributed by atoms with van der Waals surface area (Å²) < 4.78 is 5.30. The lowest BCUT2D eigenvalue weighted by molar-refractivity contribution is 0.0472. The molecule has 0 radical (unpaired) electrons. The number of carbonyl (C=O) groups excluding carboxylic acids is 1. The number of rotatable bonds is 4. The van der Waals surface area contributed by atoms with Gasteiger partial charge in [0.2, 0.25) is 0 Å². The lowest BCUT2D eigenvalue weighted by Crippen LogP contribution is -2.06. The van der Waals surface area contributed by atoms with Crippen molar-refractivity contribution in [3.8, 4) is 0 Å². The van der Waals surface area contributed by atoms with Crippen LogP contribution >= 0.6 is 15.9 Å². The molecule has 0 saturated carbocycles. The molecule has 0 unspecified atom stereocenters. The lowest BCUT2D eigenvalue weighted by atomic mass is 10.1. The van der Waals surface area contributed by atoms with E-state index in [0.717, 1.165) is 16.5 Å². The molecule has 3 heteroatoms. The molecule has 0 amide bonds. The Morgan fingerprint density at radius 1 is 0.944 bits per heavy atom. The molecule has 2 nitrogen and oxygen atoms in total. The maximum atomic E-state index is 11.8. The van der Waals surface area contributed by atoms with E-state index in [4.69, 9.17) is 4.74 Å². The van der Waals surface area contributed by atoms with Gasteiger partial charge in [0, 0.05) is 5.33 Å². The van der Waals surface area contributed by atoms with Crippen LogP contribution in [-0.4, -0.2) is 5.97 Å². The number of ether oxygens (including phenoxy) is 1. The van der Waals surface area contributed by atoms with Gasteiger partial charge in [0.1, 0.15) is 6.61 Å². The monoisotopic (exact) mass is 304 g/mol. The van der Waals surface area contributed by atoms with E-state index >= 15 is 0 Å². The number of esters is 1. The average molecular weight is 305 g/mol. The first-order valence-electron chi connectivity index (χ1n) is 5.66. The fraction of sp³-hybridized carbons (Fsp3) is 0.133. The van der Waals surface area contributed by atoms with Crippen LogP contribution in [0, 0.1) is 0 Å². The molecular weight excluding hydrogens is 292 g/mol. The first-order chi connectivity index (χ1) is 8.81. The van der Waals surface area contributed by atoms with Gasteiger partial charge in [-0.25, -0.2) is 4.79 Å². The third-order valence-corrected chi connectivity index (χ3v) is 3.23. The zero-order valence-corrected chi connectivity index (χ0v) is 11.4. The topological polar surface area (TPSA) is 26.3 Å². The average Bonchev–Trinajstić information content (AvgIpc) is 2.46. The number of alkyl halides is 1. The van der Waals surface area contributed by atoms with E-state index in [0.29, 0.717) is 12.2 Å². The third-order valence-electron chi connectivity index (χ3n) is 2.63. The summed E-state index contributed by atoms with van der Waals surface area (Å²) in [5.74, 6) is -0.292. The van der Waals surface area contributed by atoms with Gasteiger partial charge >= 0.3 is 5.97 Å². The predicted molar refractivity (Wildman–Crippen MR) is 74.6 cm³/mol. The highest BCUT2D eigenvalue weighted by Gasteiger charge is 2.07. The van der Waals surface area contributed by atoms with Crippen LogP contribution in [0.15, 0.2) is 54.6 Å². The first kappa shape index (κ1) is 12.8. The minimum atomic E-state index is -0.292. The molecule has 2 aromatic carbocycles. The van der Waals surface area contributed by atoms with Crippen LogP contribution in [0.2, 0.25) is 0 Å². The largest absolute Gasteiger partial charge is 0.457 e. The van der Waals surface area contributed by atoms with Gasteiger partial charge in [0.05, 0.1) is 5.56 Å². The summed E-state index contributed by atoms with van der Waals surface area (Å²) in [5, 5.41) is 0.756. The number of hydrogen-bond donors (Lipinski definition) is 0. The summed E-state index contributed by atoms with van der Waals surface area (Å²) >= 11 is 3.42. The number of halogens is 1. The van der Waals surface area contributed by atoms with Crippen LogP contribution < -0.4 is 0 Å². The Balaban J connectivity index is 2.02. The van der Waals surface area contributed by atoms with Gasteiger partial charge in [-0.15, -0.1) is 0 Å². The molecule has 92 valence electrons. The first-order valence-corrected chi connectivity index (χ1v) is 6.78. The van der Waals surface area contributed by atoms with Gasteiger partial charge in [-0.3, -0.25) is 0 Å². The van der Waals surface area contributed by atoms with E-state index in [-0.39, 0.29) is 5.97 Å². The maximum Gasteiger partial charge on any atom is 0.338 e. The van der Waals surface area contributed by atoms with Crippen molar-refractivity contribution in [2.24, 2.45) is 0 Å². The Labute approximate surface area is 115 Å². The summed E-state index contributed by atoms with van der Waals surface area (Å²) in [7, 11) is 0. The molecule has 2 aromatic rings. The van der Waals surface area contributed by atoms with E-state index in [2.05, 4.69) is 15.9 Å². The van der Waals surface area contributed by atoms with Crippen LogP contribution in [0.3, 0.4) is 0 Å². The normalized spacial score (nSPS) is 10.1. The van der Waals surface area contributed by atoms with Crippen molar-refractivity contribution in [3.63, 3.8) is 0 Å². The van der Waals surface area contributed by atoms with Crippen molar-refractivity contribution >= 4 is 21.9 Å². The zero-order chi connectivity index (χ0) is 12.8. The van der Waals surface area contributed by atoms with Gasteiger partial charge in [-0.1, -0.05) is 58.4 Å². The highest BCUT2D eigenvalue weighted by atomic mass is 79.9. The lowest BCUT2D eigenvalue weighted by Gasteiger charge is -2.08. The van der Waals surface area contributed by atoms with E-state index in [1.165, 1.54) is 0 Å². The van der Waals surface area contributed by atoms with E-state index in [9.17, 15) is 4.79 Å². The van der Waals surface area contributed by atoms with E-state index in [1.54, 1.807) is 12.1 Å². The Morgan fingerprint density at radius 3 is 2.22 bits per heavy atom. The van der Waals surface area contributed by atoms with Crippen molar-refractivity contribution in [1.82, 2.24) is 0 Å². The molecule has 0 aliphatic heterocycles. The van der Waals surface area contributed by atoms with Crippen LogP contribution in [0.25, 0.3) is 0 Å². The fourth-order valence-electron chi connectivity index (χ4n) is 1.63. The minimum Gasteiger partial charge on any atom is -0.457 e. The Hall–Kier alpha value is -1.61. The van der Waals surface area contributed by atoms with Crippen LogP contribution in [0.4, 0.5) is 0 Å². The highest BCUT2D eigenvalue weighted by molar-refractivity contribution is 9.08. The molecular formula is C15H13BrO2. The Bertz CT molecular complexity index is 523. The molecule has 0 spiro atoms. The third kappa shape index (κ3) is 3.20. The predicted octanol–water partition coefficient (Wildman–Crippen LogP) is 3.94. The van der Waals surface area contributed by atoms with Crippen LogP contribution in [0.1, 0.15) is 21.5 Å². The number of carbonyl (C=O) groups is 1. The highest BCUT2D eigenvalue weighted by Crippen LogP contribution is 2.14. The Kier molecular flexibility index (Phi) is 4.53. The van der Waals surface area contributed by atoms with Crippen molar-refractivity contribution in [2.45, 2.75) is 11.9 Å². The quantitative estimate of drug-likeness (QED) is 0.632. The van der Waals surface area contributed by atoms with Crippen molar-refractivity contribution in [3.05, 3.63) is 71.3 Å². The van der Waals surface area contributed by atoms with E-state index < -0.39 is 0 Å². The minimum absolute atomic E-state index is 0.292. The molecule has 0 saturated heterocycles. The molecule has 0 aromatic heterocycles. The molecule has 2 rings (SSSR count). The summed E-state index contributed by atoms with van der Waals surface area (Å²) in [4.78, 5) is 11.8.